The smallest absolute Gasteiger partial charge is 0.303 e. The third kappa shape index (κ3) is 3.49. The molecule has 0 radical (unpaired) electrons. The number of carboxylic acid groups (broad SMARTS) is 1. The van der Waals surface area contributed by atoms with Crippen molar-refractivity contribution in [2.45, 2.75) is 18.9 Å². The highest BCUT2D eigenvalue weighted by Crippen LogP contribution is 2.25. The van der Waals surface area contributed by atoms with Gasteiger partial charge in [-0.3, -0.25) is 4.79 Å². The molecule has 0 fully saturated rings. The lowest BCUT2D eigenvalue weighted by atomic mass is 10.0. The number of aliphatic carboxylic acids is 1. The van der Waals surface area contributed by atoms with Gasteiger partial charge in [-0.05, 0) is 30.2 Å². The summed E-state index contributed by atoms with van der Waals surface area (Å²) in [5, 5.41) is 8.83. The van der Waals surface area contributed by atoms with Crippen LogP contribution in [0.1, 0.15) is 24.4 Å². The Labute approximate surface area is 91.7 Å². The molecular weight excluding hydrogens is 221 g/mol. The van der Waals surface area contributed by atoms with E-state index in [1.807, 2.05) is 0 Å². The number of carbonyl (C=O) groups is 1. The summed E-state index contributed by atoms with van der Waals surface area (Å²) in [6.07, 6.45) is 0.173. The quantitative estimate of drug-likeness (QED) is 0.836. The summed E-state index contributed by atoms with van der Waals surface area (Å²) in [5.41, 5.74) is 6.14. The first-order valence-corrected chi connectivity index (χ1v) is 4.81. The third-order valence-electron chi connectivity index (χ3n) is 2.03. The van der Waals surface area contributed by atoms with Gasteiger partial charge in [0.05, 0.1) is 0 Å². The second-order valence-electron chi connectivity index (χ2n) is 3.20. The molecule has 0 saturated carbocycles. The van der Waals surface area contributed by atoms with Crippen molar-refractivity contribution >= 4 is 17.6 Å². The average Bonchev–Trinajstić information content (AvgIpc) is 2.18. The highest BCUT2D eigenvalue weighted by molar-refractivity contribution is 6.31. The van der Waals surface area contributed by atoms with Crippen LogP contribution in [-0.2, 0) is 4.79 Å². The van der Waals surface area contributed by atoms with E-state index in [0.717, 1.165) is 0 Å². The molecule has 0 saturated heterocycles. The number of hydrogen-bond acceptors (Lipinski definition) is 2. The summed E-state index contributed by atoms with van der Waals surface area (Å²) in [6, 6.07) is 3.32. The SMILES string of the molecule is NC(CCC(=O)O)c1cc(F)ccc1Cl. The molecular formula is C10H11ClFNO2. The van der Waals surface area contributed by atoms with Crippen molar-refractivity contribution in [1.82, 2.24) is 0 Å². The molecule has 1 atom stereocenters. The molecule has 1 aromatic carbocycles. The fraction of sp³-hybridized carbons (Fsp3) is 0.300. The van der Waals surface area contributed by atoms with Crippen molar-refractivity contribution < 1.29 is 14.3 Å². The Morgan fingerprint density at radius 3 is 2.87 bits per heavy atom. The summed E-state index contributed by atoms with van der Waals surface area (Å²) in [7, 11) is 0. The molecule has 0 aliphatic heterocycles. The van der Waals surface area contributed by atoms with Crippen molar-refractivity contribution in [3.63, 3.8) is 0 Å². The van der Waals surface area contributed by atoms with Crippen LogP contribution < -0.4 is 5.73 Å². The molecule has 0 bridgehead atoms. The second-order valence-corrected chi connectivity index (χ2v) is 3.61. The molecule has 0 heterocycles. The zero-order chi connectivity index (χ0) is 11.4. The van der Waals surface area contributed by atoms with E-state index in [4.69, 9.17) is 22.4 Å². The molecule has 82 valence electrons. The van der Waals surface area contributed by atoms with Gasteiger partial charge in [0.25, 0.3) is 0 Å². The summed E-state index contributed by atoms with van der Waals surface area (Å²) in [4.78, 5) is 10.3. The van der Waals surface area contributed by atoms with Crippen molar-refractivity contribution in [1.29, 1.82) is 0 Å². The van der Waals surface area contributed by atoms with Gasteiger partial charge in [0.1, 0.15) is 5.82 Å². The molecule has 3 N–H and O–H groups in total. The first-order chi connectivity index (χ1) is 7.00. The fourth-order valence-electron chi connectivity index (χ4n) is 1.23. The molecule has 0 aliphatic carbocycles. The van der Waals surface area contributed by atoms with Crippen LogP contribution in [0.25, 0.3) is 0 Å². The molecule has 1 unspecified atom stereocenters. The van der Waals surface area contributed by atoms with Crippen LogP contribution in [0.3, 0.4) is 0 Å². The number of nitrogens with two attached hydrogens (primary N) is 1. The van der Waals surface area contributed by atoms with Crippen LogP contribution in [0, 0.1) is 5.82 Å². The van der Waals surface area contributed by atoms with Crippen LogP contribution in [0.5, 0.6) is 0 Å². The Bertz CT molecular complexity index is 370. The van der Waals surface area contributed by atoms with Gasteiger partial charge in [-0.1, -0.05) is 11.6 Å². The van der Waals surface area contributed by atoms with E-state index in [9.17, 15) is 9.18 Å². The number of benzene rings is 1. The van der Waals surface area contributed by atoms with Gasteiger partial charge in [-0.25, -0.2) is 4.39 Å². The zero-order valence-corrected chi connectivity index (χ0v) is 8.67. The van der Waals surface area contributed by atoms with Gasteiger partial charge in [-0.2, -0.15) is 0 Å². The largest absolute Gasteiger partial charge is 0.481 e. The molecule has 0 spiro atoms. The van der Waals surface area contributed by atoms with Crippen molar-refractivity contribution in [3.8, 4) is 0 Å². The summed E-state index contributed by atoms with van der Waals surface area (Å²) < 4.78 is 12.9. The predicted octanol–water partition coefficient (Wildman–Crippen LogP) is 2.34. The van der Waals surface area contributed by atoms with E-state index in [1.54, 1.807) is 0 Å². The summed E-state index contributed by atoms with van der Waals surface area (Å²) in [6.45, 7) is 0. The topological polar surface area (TPSA) is 63.3 Å². The van der Waals surface area contributed by atoms with E-state index >= 15 is 0 Å². The zero-order valence-electron chi connectivity index (χ0n) is 7.91. The van der Waals surface area contributed by atoms with E-state index in [-0.39, 0.29) is 12.8 Å². The minimum Gasteiger partial charge on any atom is -0.481 e. The molecule has 5 heteroatoms. The van der Waals surface area contributed by atoms with Crippen LogP contribution in [0.2, 0.25) is 5.02 Å². The van der Waals surface area contributed by atoms with Gasteiger partial charge >= 0.3 is 5.97 Å². The minimum atomic E-state index is -0.932. The lowest BCUT2D eigenvalue weighted by Gasteiger charge is -2.12. The number of rotatable bonds is 4. The van der Waals surface area contributed by atoms with Gasteiger partial charge < -0.3 is 10.8 Å². The van der Waals surface area contributed by atoms with E-state index in [1.165, 1.54) is 18.2 Å². The molecule has 0 amide bonds. The number of carboxylic acids is 1. The molecule has 1 rings (SSSR count). The van der Waals surface area contributed by atoms with Gasteiger partial charge in [0.15, 0.2) is 0 Å². The Balaban J connectivity index is 2.76. The van der Waals surface area contributed by atoms with Crippen LogP contribution in [-0.4, -0.2) is 11.1 Å². The monoisotopic (exact) mass is 231 g/mol. The Morgan fingerprint density at radius 1 is 1.60 bits per heavy atom. The molecule has 1 aromatic rings. The van der Waals surface area contributed by atoms with E-state index < -0.39 is 17.8 Å². The Hall–Kier alpha value is -1.13. The number of halogens is 2. The highest BCUT2D eigenvalue weighted by Gasteiger charge is 2.12. The minimum absolute atomic E-state index is 0.0615. The summed E-state index contributed by atoms with van der Waals surface area (Å²) in [5.74, 6) is -1.36. The first kappa shape index (κ1) is 11.9. The first-order valence-electron chi connectivity index (χ1n) is 4.43. The molecule has 0 aromatic heterocycles. The van der Waals surface area contributed by atoms with Crippen molar-refractivity contribution in [3.05, 3.63) is 34.6 Å². The number of hydrogen-bond donors (Lipinski definition) is 2. The maximum Gasteiger partial charge on any atom is 0.303 e. The predicted molar refractivity (Wildman–Crippen MR) is 55.2 cm³/mol. The van der Waals surface area contributed by atoms with Gasteiger partial charge in [0, 0.05) is 17.5 Å². The highest BCUT2D eigenvalue weighted by atomic mass is 35.5. The Morgan fingerprint density at radius 2 is 2.27 bits per heavy atom. The molecule has 0 aliphatic rings. The second kappa shape index (κ2) is 5.09. The molecule has 3 nitrogen and oxygen atoms in total. The lowest BCUT2D eigenvalue weighted by molar-refractivity contribution is -0.137. The van der Waals surface area contributed by atoms with Crippen LogP contribution >= 0.6 is 11.6 Å². The average molecular weight is 232 g/mol. The standard InChI is InChI=1S/C10H11ClFNO2/c11-8-2-1-6(12)5-7(8)9(13)3-4-10(14)15/h1-2,5,9H,3-4,13H2,(H,14,15). The Kier molecular flexibility index (Phi) is 4.05. The van der Waals surface area contributed by atoms with Crippen LogP contribution in [0.15, 0.2) is 18.2 Å². The van der Waals surface area contributed by atoms with E-state index in [0.29, 0.717) is 10.6 Å². The van der Waals surface area contributed by atoms with Gasteiger partial charge in [-0.15, -0.1) is 0 Å². The van der Waals surface area contributed by atoms with E-state index in [2.05, 4.69) is 0 Å². The van der Waals surface area contributed by atoms with Gasteiger partial charge in [0.2, 0.25) is 0 Å². The normalized spacial score (nSPS) is 12.5. The maximum atomic E-state index is 12.9. The summed E-state index contributed by atoms with van der Waals surface area (Å²) >= 11 is 5.81. The maximum absolute atomic E-state index is 12.9. The fourth-order valence-corrected chi connectivity index (χ4v) is 1.49. The third-order valence-corrected chi connectivity index (χ3v) is 2.37. The molecule has 15 heavy (non-hydrogen) atoms. The van der Waals surface area contributed by atoms with Crippen LogP contribution in [0.4, 0.5) is 4.39 Å². The van der Waals surface area contributed by atoms with Crippen molar-refractivity contribution in [2.24, 2.45) is 5.73 Å². The van der Waals surface area contributed by atoms with Crippen molar-refractivity contribution in [2.75, 3.05) is 0 Å². The lowest BCUT2D eigenvalue weighted by Crippen LogP contribution is -2.13.